The van der Waals surface area contributed by atoms with Crippen molar-refractivity contribution in [3.8, 4) is 0 Å². The number of aromatic nitrogens is 1. The molecule has 1 unspecified atom stereocenters. The number of thiazole rings is 1. The smallest absolute Gasteiger partial charge is 0.0795 e. The van der Waals surface area contributed by atoms with Crippen molar-refractivity contribution in [2.75, 3.05) is 6.54 Å². The van der Waals surface area contributed by atoms with Crippen LogP contribution in [0.15, 0.2) is 23.5 Å². The number of hydrogen-bond donors (Lipinski definition) is 1. The second-order valence-corrected chi connectivity index (χ2v) is 5.07. The van der Waals surface area contributed by atoms with E-state index >= 15 is 0 Å². The first-order valence-electron chi connectivity index (χ1n) is 6.60. The third kappa shape index (κ3) is 5.99. The van der Waals surface area contributed by atoms with Crippen LogP contribution >= 0.6 is 11.3 Å². The highest BCUT2D eigenvalue weighted by molar-refractivity contribution is 7.07. The summed E-state index contributed by atoms with van der Waals surface area (Å²) in [5, 5.41) is 5.75. The topological polar surface area (TPSA) is 24.9 Å². The van der Waals surface area contributed by atoms with Gasteiger partial charge in [0.25, 0.3) is 0 Å². The summed E-state index contributed by atoms with van der Waals surface area (Å²) in [6.07, 6.45) is 9.35. The van der Waals surface area contributed by atoms with E-state index in [9.17, 15) is 0 Å². The van der Waals surface area contributed by atoms with Crippen LogP contribution in [0.25, 0.3) is 0 Å². The van der Waals surface area contributed by atoms with Crippen LogP contribution in [0.5, 0.6) is 0 Å². The van der Waals surface area contributed by atoms with Gasteiger partial charge in [0.2, 0.25) is 0 Å². The molecule has 3 heteroatoms. The van der Waals surface area contributed by atoms with E-state index in [2.05, 4.69) is 29.2 Å². The molecule has 1 atom stereocenters. The molecular weight excluding hydrogens is 228 g/mol. The Kier molecular flexibility index (Phi) is 7.93. The monoisotopic (exact) mass is 252 g/mol. The molecule has 1 heterocycles. The molecule has 1 rings (SSSR count). The third-order valence-corrected chi connectivity index (χ3v) is 3.45. The van der Waals surface area contributed by atoms with E-state index in [1.807, 2.05) is 11.6 Å². The SMILES string of the molecule is C=CCCCCCC(NCCC)c1cscn1. The second kappa shape index (κ2) is 9.37. The van der Waals surface area contributed by atoms with Crippen LogP contribution in [0.3, 0.4) is 0 Å². The van der Waals surface area contributed by atoms with Crippen LogP contribution in [0, 0.1) is 0 Å². The van der Waals surface area contributed by atoms with Crippen molar-refractivity contribution in [2.24, 2.45) is 0 Å². The van der Waals surface area contributed by atoms with Gasteiger partial charge in [0.15, 0.2) is 0 Å². The normalized spacial score (nSPS) is 12.5. The average molecular weight is 252 g/mol. The van der Waals surface area contributed by atoms with Gasteiger partial charge in [0.1, 0.15) is 0 Å². The molecule has 96 valence electrons. The average Bonchev–Trinajstić information content (AvgIpc) is 2.86. The van der Waals surface area contributed by atoms with Gasteiger partial charge < -0.3 is 5.32 Å². The van der Waals surface area contributed by atoms with Gasteiger partial charge in [-0.05, 0) is 32.2 Å². The minimum atomic E-state index is 0.449. The van der Waals surface area contributed by atoms with Crippen LogP contribution in [-0.2, 0) is 0 Å². The molecule has 0 radical (unpaired) electrons. The van der Waals surface area contributed by atoms with E-state index in [4.69, 9.17) is 0 Å². The first-order chi connectivity index (χ1) is 8.38. The fourth-order valence-electron chi connectivity index (χ4n) is 1.88. The van der Waals surface area contributed by atoms with Crippen LogP contribution in [-0.4, -0.2) is 11.5 Å². The van der Waals surface area contributed by atoms with Crippen LogP contribution in [0.4, 0.5) is 0 Å². The molecule has 0 aliphatic rings. The number of nitrogens with one attached hydrogen (secondary N) is 1. The summed E-state index contributed by atoms with van der Waals surface area (Å²) in [6.45, 7) is 7.04. The highest BCUT2D eigenvalue weighted by Crippen LogP contribution is 2.20. The summed E-state index contributed by atoms with van der Waals surface area (Å²) < 4.78 is 0. The molecule has 1 aromatic rings. The standard InChI is InChI=1S/C14H24N2S/c1-3-5-6-7-8-9-13(15-10-4-2)14-11-17-12-16-14/h3,11-13,15H,1,4-10H2,2H3. The minimum absolute atomic E-state index is 0.449. The molecule has 0 amide bonds. The zero-order valence-corrected chi connectivity index (χ0v) is 11.6. The molecular formula is C14H24N2S. The first kappa shape index (κ1) is 14.4. The second-order valence-electron chi connectivity index (χ2n) is 4.35. The Morgan fingerprint density at radius 3 is 3.00 bits per heavy atom. The predicted octanol–water partition coefficient (Wildman–Crippen LogP) is 4.32. The largest absolute Gasteiger partial charge is 0.309 e. The van der Waals surface area contributed by atoms with E-state index in [1.54, 1.807) is 11.3 Å². The Labute approximate surface area is 109 Å². The molecule has 0 spiro atoms. The zero-order valence-electron chi connectivity index (χ0n) is 10.8. The van der Waals surface area contributed by atoms with E-state index in [-0.39, 0.29) is 0 Å². The Morgan fingerprint density at radius 1 is 1.47 bits per heavy atom. The summed E-state index contributed by atoms with van der Waals surface area (Å²) in [5.74, 6) is 0. The van der Waals surface area contributed by atoms with Crippen molar-refractivity contribution in [1.82, 2.24) is 10.3 Å². The first-order valence-corrected chi connectivity index (χ1v) is 7.55. The number of unbranched alkanes of at least 4 members (excludes halogenated alkanes) is 3. The van der Waals surface area contributed by atoms with E-state index in [0.29, 0.717) is 6.04 Å². The molecule has 0 aliphatic carbocycles. The molecule has 2 nitrogen and oxygen atoms in total. The number of rotatable bonds is 10. The lowest BCUT2D eigenvalue weighted by Crippen LogP contribution is -2.22. The quantitative estimate of drug-likeness (QED) is 0.495. The van der Waals surface area contributed by atoms with Gasteiger partial charge in [-0.15, -0.1) is 17.9 Å². The van der Waals surface area contributed by atoms with Crippen molar-refractivity contribution < 1.29 is 0 Å². The lowest BCUT2D eigenvalue weighted by Gasteiger charge is -2.16. The van der Waals surface area contributed by atoms with Gasteiger partial charge in [-0.3, -0.25) is 0 Å². The molecule has 0 aliphatic heterocycles. The van der Waals surface area contributed by atoms with Gasteiger partial charge >= 0.3 is 0 Å². The van der Waals surface area contributed by atoms with Crippen molar-refractivity contribution in [3.63, 3.8) is 0 Å². The Hall–Kier alpha value is -0.670. The summed E-state index contributed by atoms with van der Waals surface area (Å²) in [5.41, 5.74) is 3.14. The molecule has 0 saturated heterocycles. The van der Waals surface area contributed by atoms with Crippen molar-refractivity contribution >= 4 is 11.3 Å². The van der Waals surface area contributed by atoms with Crippen molar-refractivity contribution in [1.29, 1.82) is 0 Å². The van der Waals surface area contributed by atoms with E-state index < -0.39 is 0 Å². The molecule has 0 fully saturated rings. The van der Waals surface area contributed by atoms with E-state index in [0.717, 1.165) is 13.0 Å². The van der Waals surface area contributed by atoms with Crippen LogP contribution in [0.1, 0.15) is 57.2 Å². The van der Waals surface area contributed by atoms with Gasteiger partial charge in [-0.2, -0.15) is 0 Å². The predicted molar refractivity (Wildman–Crippen MR) is 76.4 cm³/mol. The lowest BCUT2D eigenvalue weighted by molar-refractivity contribution is 0.465. The Balaban J connectivity index is 2.28. The Bertz CT molecular complexity index is 282. The minimum Gasteiger partial charge on any atom is -0.309 e. The fraction of sp³-hybridized carbons (Fsp3) is 0.643. The van der Waals surface area contributed by atoms with Crippen molar-refractivity contribution in [2.45, 2.75) is 51.5 Å². The van der Waals surface area contributed by atoms with Crippen molar-refractivity contribution in [3.05, 3.63) is 29.2 Å². The van der Waals surface area contributed by atoms with Gasteiger partial charge in [-0.1, -0.05) is 25.8 Å². The van der Waals surface area contributed by atoms with Gasteiger partial charge in [0, 0.05) is 5.38 Å². The third-order valence-electron chi connectivity index (χ3n) is 2.85. The summed E-state index contributed by atoms with van der Waals surface area (Å²) >= 11 is 1.68. The maximum atomic E-state index is 4.42. The highest BCUT2D eigenvalue weighted by atomic mass is 32.1. The molecule has 0 saturated carbocycles. The maximum absolute atomic E-state index is 4.42. The molecule has 0 bridgehead atoms. The number of hydrogen-bond acceptors (Lipinski definition) is 3. The summed E-state index contributed by atoms with van der Waals surface area (Å²) in [6, 6.07) is 0.449. The van der Waals surface area contributed by atoms with Crippen LogP contribution < -0.4 is 5.32 Å². The highest BCUT2D eigenvalue weighted by Gasteiger charge is 2.11. The maximum Gasteiger partial charge on any atom is 0.0795 e. The Morgan fingerprint density at radius 2 is 2.35 bits per heavy atom. The zero-order chi connectivity index (χ0) is 12.3. The molecule has 17 heavy (non-hydrogen) atoms. The van der Waals surface area contributed by atoms with E-state index in [1.165, 1.54) is 37.8 Å². The van der Waals surface area contributed by atoms with Gasteiger partial charge in [-0.25, -0.2) is 4.98 Å². The number of nitrogens with zero attached hydrogens (tertiary/aromatic N) is 1. The fourth-order valence-corrected chi connectivity index (χ4v) is 2.49. The van der Waals surface area contributed by atoms with Crippen LogP contribution in [0.2, 0.25) is 0 Å². The lowest BCUT2D eigenvalue weighted by atomic mass is 10.0. The molecule has 1 N–H and O–H groups in total. The van der Waals surface area contributed by atoms with Gasteiger partial charge in [0.05, 0.1) is 17.2 Å². The number of allylic oxidation sites excluding steroid dienone is 1. The summed E-state index contributed by atoms with van der Waals surface area (Å²) in [7, 11) is 0. The molecule has 1 aromatic heterocycles. The molecule has 0 aromatic carbocycles. The summed E-state index contributed by atoms with van der Waals surface area (Å²) in [4.78, 5) is 4.42.